The number of amides is 3. The molecule has 1 saturated heterocycles. The Morgan fingerprint density at radius 3 is 2.53 bits per heavy atom. The largest absolute Gasteiger partial charge is 0.378 e. The molecule has 10 heteroatoms. The van der Waals surface area contributed by atoms with Crippen molar-refractivity contribution in [1.29, 1.82) is 0 Å². The highest BCUT2D eigenvalue weighted by molar-refractivity contribution is 6.30. The molecular weight excluding hydrogens is 485 g/mol. The molecule has 2 N–H and O–H groups in total. The number of morpholine rings is 1. The van der Waals surface area contributed by atoms with Crippen molar-refractivity contribution in [3.05, 3.63) is 76.3 Å². The predicted molar refractivity (Wildman–Crippen MR) is 136 cm³/mol. The van der Waals surface area contributed by atoms with Gasteiger partial charge in [-0.25, -0.2) is 13.9 Å². The summed E-state index contributed by atoms with van der Waals surface area (Å²) in [6.45, 7) is 8.06. The van der Waals surface area contributed by atoms with E-state index in [1.165, 1.54) is 12.1 Å². The molecule has 190 valence electrons. The number of nitrogens with zero attached hydrogens (tertiary/aromatic N) is 3. The average molecular weight is 514 g/mol. The lowest BCUT2D eigenvalue weighted by Crippen LogP contribution is -2.41. The van der Waals surface area contributed by atoms with Gasteiger partial charge < -0.3 is 20.3 Å². The standard InChI is InChI=1S/C26H29ClFN5O3/c1-26(2,3)23-15-20(33(31-23)19-6-4-5-17(27)13-19)16-29-25(35)30-18-7-8-21(22(28)14-18)24(34)32-9-11-36-12-10-32/h4-8,13-15H,9-12,16H2,1-3H3,(H2,29,30,35). The molecule has 3 aromatic rings. The molecule has 2 aromatic carbocycles. The molecule has 3 amide bonds. The molecule has 0 bridgehead atoms. The quantitative estimate of drug-likeness (QED) is 0.515. The Morgan fingerprint density at radius 2 is 1.86 bits per heavy atom. The lowest BCUT2D eigenvalue weighted by atomic mass is 9.92. The third-order valence-electron chi connectivity index (χ3n) is 5.79. The maximum absolute atomic E-state index is 14.7. The summed E-state index contributed by atoms with van der Waals surface area (Å²) in [4.78, 5) is 26.7. The number of anilines is 1. The molecule has 2 heterocycles. The third-order valence-corrected chi connectivity index (χ3v) is 6.03. The van der Waals surface area contributed by atoms with Crippen molar-refractivity contribution in [3.8, 4) is 5.69 Å². The summed E-state index contributed by atoms with van der Waals surface area (Å²) in [5, 5.41) is 10.7. The summed E-state index contributed by atoms with van der Waals surface area (Å²) in [6, 6.07) is 12.7. The minimum atomic E-state index is -0.696. The van der Waals surface area contributed by atoms with Gasteiger partial charge in [-0.3, -0.25) is 4.79 Å². The highest BCUT2D eigenvalue weighted by Gasteiger charge is 2.23. The van der Waals surface area contributed by atoms with E-state index in [9.17, 15) is 14.0 Å². The summed E-state index contributed by atoms with van der Waals surface area (Å²) >= 11 is 6.17. The van der Waals surface area contributed by atoms with E-state index < -0.39 is 17.8 Å². The fraction of sp³-hybridized carbons (Fsp3) is 0.346. The van der Waals surface area contributed by atoms with Gasteiger partial charge in [0.15, 0.2) is 0 Å². The van der Waals surface area contributed by atoms with Crippen molar-refractivity contribution in [2.45, 2.75) is 32.7 Å². The summed E-state index contributed by atoms with van der Waals surface area (Å²) in [6.07, 6.45) is 0. The van der Waals surface area contributed by atoms with Crippen LogP contribution in [0.15, 0.2) is 48.5 Å². The van der Waals surface area contributed by atoms with E-state index in [1.54, 1.807) is 21.7 Å². The van der Waals surface area contributed by atoms with Gasteiger partial charge in [0.2, 0.25) is 0 Å². The first kappa shape index (κ1) is 25.7. The molecule has 1 fully saturated rings. The fourth-order valence-electron chi connectivity index (χ4n) is 3.79. The number of hydrogen-bond donors (Lipinski definition) is 2. The molecule has 0 unspecified atom stereocenters. The number of rotatable bonds is 5. The normalized spacial score (nSPS) is 14.0. The van der Waals surface area contributed by atoms with E-state index >= 15 is 0 Å². The van der Waals surface area contributed by atoms with Gasteiger partial charge in [0.25, 0.3) is 5.91 Å². The third kappa shape index (κ3) is 6.03. The van der Waals surface area contributed by atoms with Crippen LogP contribution < -0.4 is 10.6 Å². The van der Waals surface area contributed by atoms with E-state index in [0.717, 1.165) is 23.1 Å². The minimum absolute atomic E-state index is 0.0389. The Bertz CT molecular complexity index is 1260. The number of halogens is 2. The number of carbonyl (C=O) groups excluding carboxylic acids is 2. The van der Waals surface area contributed by atoms with Crippen LogP contribution in [0.4, 0.5) is 14.9 Å². The van der Waals surface area contributed by atoms with Crippen LogP contribution in [-0.2, 0) is 16.7 Å². The number of carbonyl (C=O) groups is 2. The molecule has 1 aromatic heterocycles. The van der Waals surface area contributed by atoms with Crippen LogP contribution in [0, 0.1) is 5.82 Å². The zero-order valence-electron chi connectivity index (χ0n) is 20.5. The van der Waals surface area contributed by atoms with Gasteiger partial charge >= 0.3 is 6.03 Å². The summed E-state index contributed by atoms with van der Waals surface area (Å²) < 4.78 is 21.7. The predicted octanol–water partition coefficient (Wildman–Crippen LogP) is 4.76. The SMILES string of the molecule is CC(C)(C)c1cc(CNC(=O)Nc2ccc(C(=O)N3CCOCC3)c(F)c2)n(-c2cccc(Cl)c2)n1. The molecule has 1 aliphatic heterocycles. The first-order valence-corrected chi connectivity index (χ1v) is 12.1. The van der Waals surface area contributed by atoms with Gasteiger partial charge in [0.05, 0.1) is 42.4 Å². The van der Waals surface area contributed by atoms with Crippen molar-refractivity contribution in [1.82, 2.24) is 20.0 Å². The highest BCUT2D eigenvalue weighted by atomic mass is 35.5. The lowest BCUT2D eigenvalue weighted by Gasteiger charge is -2.27. The number of nitrogens with one attached hydrogen (secondary N) is 2. The fourth-order valence-corrected chi connectivity index (χ4v) is 3.98. The van der Waals surface area contributed by atoms with Gasteiger partial charge in [0, 0.05) is 29.2 Å². The van der Waals surface area contributed by atoms with Crippen LogP contribution in [0.1, 0.15) is 42.5 Å². The van der Waals surface area contributed by atoms with Crippen LogP contribution in [-0.4, -0.2) is 52.9 Å². The Labute approximate surface area is 214 Å². The van der Waals surface area contributed by atoms with Gasteiger partial charge in [-0.15, -0.1) is 0 Å². The van der Waals surface area contributed by atoms with Crippen LogP contribution in [0.5, 0.6) is 0 Å². The molecule has 1 aliphatic rings. The lowest BCUT2D eigenvalue weighted by molar-refractivity contribution is 0.0300. The Balaban J connectivity index is 1.44. The second-order valence-corrected chi connectivity index (χ2v) is 10.0. The average Bonchev–Trinajstić information content (AvgIpc) is 3.28. The summed E-state index contributed by atoms with van der Waals surface area (Å²) in [5.74, 6) is -1.09. The molecule has 0 aliphatic carbocycles. The molecule has 0 atom stereocenters. The van der Waals surface area contributed by atoms with Crippen molar-refractivity contribution in [3.63, 3.8) is 0 Å². The second kappa shape index (κ2) is 10.7. The first-order chi connectivity index (χ1) is 17.1. The number of hydrogen-bond acceptors (Lipinski definition) is 4. The van der Waals surface area contributed by atoms with Crippen LogP contribution in [0.25, 0.3) is 5.69 Å². The number of aromatic nitrogens is 2. The van der Waals surface area contributed by atoms with Crippen molar-refractivity contribution < 1.29 is 18.7 Å². The van der Waals surface area contributed by atoms with E-state index in [2.05, 4.69) is 31.4 Å². The second-order valence-electron chi connectivity index (χ2n) is 9.57. The maximum Gasteiger partial charge on any atom is 0.319 e. The van der Waals surface area contributed by atoms with Crippen molar-refractivity contribution >= 4 is 29.2 Å². The van der Waals surface area contributed by atoms with Gasteiger partial charge in [-0.1, -0.05) is 38.4 Å². The molecule has 8 nitrogen and oxygen atoms in total. The number of benzene rings is 2. The zero-order chi connectivity index (χ0) is 25.9. The first-order valence-electron chi connectivity index (χ1n) is 11.7. The van der Waals surface area contributed by atoms with E-state index in [1.807, 2.05) is 18.2 Å². The molecule has 0 spiro atoms. The van der Waals surface area contributed by atoms with Crippen LogP contribution in [0.3, 0.4) is 0 Å². The van der Waals surface area contributed by atoms with E-state index in [0.29, 0.717) is 31.3 Å². The van der Waals surface area contributed by atoms with Crippen LogP contribution in [0.2, 0.25) is 5.02 Å². The maximum atomic E-state index is 14.7. The Morgan fingerprint density at radius 1 is 1.11 bits per heavy atom. The molecule has 0 saturated carbocycles. The monoisotopic (exact) mass is 513 g/mol. The Kier molecular flexibility index (Phi) is 7.61. The van der Waals surface area contributed by atoms with Gasteiger partial charge in [-0.2, -0.15) is 5.10 Å². The van der Waals surface area contributed by atoms with Crippen molar-refractivity contribution in [2.75, 3.05) is 31.6 Å². The number of ether oxygens (including phenoxy) is 1. The van der Waals surface area contributed by atoms with E-state index in [4.69, 9.17) is 21.4 Å². The van der Waals surface area contributed by atoms with Crippen molar-refractivity contribution in [2.24, 2.45) is 0 Å². The smallest absolute Gasteiger partial charge is 0.319 e. The van der Waals surface area contributed by atoms with E-state index in [-0.39, 0.29) is 23.2 Å². The Hall–Kier alpha value is -3.43. The molecular formula is C26H29ClFN5O3. The minimum Gasteiger partial charge on any atom is -0.378 e. The summed E-state index contributed by atoms with van der Waals surface area (Å²) in [7, 11) is 0. The molecule has 36 heavy (non-hydrogen) atoms. The topological polar surface area (TPSA) is 88.5 Å². The molecule has 0 radical (unpaired) electrons. The zero-order valence-corrected chi connectivity index (χ0v) is 21.2. The van der Waals surface area contributed by atoms with Gasteiger partial charge in [-0.05, 0) is 42.5 Å². The number of urea groups is 1. The van der Waals surface area contributed by atoms with Crippen LogP contribution >= 0.6 is 11.6 Å². The highest BCUT2D eigenvalue weighted by Crippen LogP contribution is 2.25. The summed E-state index contributed by atoms with van der Waals surface area (Å²) in [5.41, 5.74) is 2.40. The molecule has 4 rings (SSSR count). The van der Waals surface area contributed by atoms with Gasteiger partial charge in [0.1, 0.15) is 5.82 Å².